The largest absolute Gasteiger partial charge is 0.270 e. The molecule has 0 spiro atoms. The van der Waals surface area contributed by atoms with Crippen LogP contribution in [0.15, 0.2) is 127 Å². The van der Waals surface area contributed by atoms with Gasteiger partial charge in [-0.2, -0.15) is 0 Å². The molecule has 0 unspecified atom stereocenters. The summed E-state index contributed by atoms with van der Waals surface area (Å²) < 4.78 is 0. The minimum absolute atomic E-state index is 0.0839. The maximum atomic E-state index is 11.7. The van der Waals surface area contributed by atoms with Crippen LogP contribution in [0.3, 0.4) is 0 Å². The lowest BCUT2D eigenvalue weighted by atomic mass is 9.83. The predicted octanol–water partition coefficient (Wildman–Crippen LogP) is 8.90. The summed E-state index contributed by atoms with van der Waals surface area (Å²) in [5.41, 5.74) is 6.26. The monoisotopic (exact) mass is 451 g/mol. The zero-order chi connectivity index (χ0) is 23.8. The molecular weight excluding hydrogens is 430 g/mol. The van der Waals surface area contributed by atoms with E-state index in [4.69, 9.17) is 0 Å². The van der Waals surface area contributed by atoms with Gasteiger partial charge in [-0.25, -0.2) is 0 Å². The molecule has 0 saturated carbocycles. The fraction of sp³-hybridized carbons (Fsp3) is 0. The lowest BCUT2D eigenvalue weighted by molar-refractivity contribution is -0.384. The summed E-state index contributed by atoms with van der Waals surface area (Å²) in [5, 5.41) is 16.1. The first-order chi connectivity index (χ1) is 17.2. The van der Waals surface area contributed by atoms with Crippen LogP contribution in [-0.4, -0.2) is 4.92 Å². The molecule has 0 N–H and O–H groups in total. The van der Waals surface area contributed by atoms with Crippen molar-refractivity contribution in [1.29, 1.82) is 0 Å². The van der Waals surface area contributed by atoms with Gasteiger partial charge in [-0.15, -0.1) is 0 Å². The van der Waals surface area contributed by atoms with Crippen molar-refractivity contribution >= 4 is 27.2 Å². The Labute approximate surface area is 203 Å². The van der Waals surface area contributed by atoms with Gasteiger partial charge in [-0.05, 0) is 73.1 Å². The first-order valence-corrected chi connectivity index (χ1v) is 11.5. The molecular formula is C32H21NO2. The van der Waals surface area contributed by atoms with Gasteiger partial charge >= 0.3 is 0 Å². The Kier molecular flexibility index (Phi) is 5.08. The van der Waals surface area contributed by atoms with Crippen LogP contribution in [0.5, 0.6) is 0 Å². The van der Waals surface area contributed by atoms with Crippen LogP contribution >= 0.6 is 0 Å². The number of benzene rings is 6. The number of rotatable bonds is 4. The molecule has 0 atom stereocenters. The van der Waals surface area contributed by atoms with Gasteiger partial charge in [0, 0.05) is 12.1 Å². The maximum Gasteiger partial charge on any atom is 0.270 e. The molecule has 0 aliphatic heterocycles. The number of fused-ring (bicyclic) bond motifs is 2. The average Bonchev–Trinajstić information content (AvgIpc) is 2.92. The highest BCUT2D eigenvalue weighted by Crippen LogP contribution is 2.46. The van der Waals surface area contributed by atoms with Crippen molar-refractivity contribution in [2.45, 2.75) is 0 Å². The summed E-state index contributed by atoms with van der Waals surface area (Å²) in [5.74, 6) is 0. The van der Waals surface area contributed by atoms with E-state index in [-0.39, 0.29) is 10.6 Å². The Morgan fingerprint density at radius 3 is 1.77 bits per heavy atom. The molecule has 0 aliphatic rings. The van der Waals surface area contributed by atoms with E-state index in [9.17, 15) is 10.1 Å². The molecule has 0 aliphatic carbocycles. The van der Waals surface area contributed by atoms with Crippen LogP contribution in [0, 0.1) is 10.1 Å². The van der Waals surface area contributed by atoms with E-state index < -0.39 is 0 Å². The molecule has 6 rings (SSSR count). The Balaban J connectivity index is 1.82. The fourth-order valence-electron chi connectivity index (χ4n) is 4.92. The van der Waals surface area contributed by atoms with Gasteiger partial charge in [0.25, 0.3) is 5.69 Å². The number of nitrogens with zero attached hydrogens (tertiary/aromatic N) is 1. The summed E-state index contributed by atoms with van der Waals surface area (Å²) in [6.07, 6.45) is 0. The zero-order valence-electron chi connectivity index (χ0n) is 18.9. The van der Waals surface area contributed by atoms with E-state index in [2.05, 4.69) is 54.6 Å². The molecule has 6 aromatic carbocycles. The van der Waals surface area contributed by atoms with E-state index in [1.54, 1.807) is 18.2 Å². The minimum atomic E-state index is -0.329. The van der Waals surface area contributed by atoms with E-state index in [1.807, 2.05) is 54.6 Å². The third-order valence-corrected chi connectivity index (χ3v) is 6.50. The summed E-state index contributed by atoms with van der Waals surface area (Å²) in [6, 6.07) is 42.6. The zero-order valence-corrected chi connectivity index (χ0v) is 18.9. The van der Waals surface area contributed by atoms with Gasteiger partial charge < -0.3 is 0 Å². The lowest BCUT2D eigenvalue weighted by Gasteiger charge is -2.20. The molecule has 0 aromatic heterocycles. The second kappa shape index (κ2) is 8.54. The number of hydrogen-bond donors (Lipinski definition) is 0. The smallest absolute Gasteiger partial charge is 0.258 e. The Hall–Kier alpha value is -4.76. The van der Waals surface area contributed by atoms with E-state index in [1.165, 1.54) is 0 Å². The minimum Gasteiger partial charge on any atom is -0.258 e. The van der Waals surface area contributed by atoms with Crippen LogP contribution in [0.1, 0.15) is 0 Å². The SMILES string of the molecule is O=[N+]([O-])c1cccc(-c2c(-c3ccccc3)c(-c3ccccc3)cc3cc4ccccc4cc23)c1. The summed E-state index contributed by atoms with van der Waals surface area (Å²) in [4.78, 5) is 11.3. The second-order valence-corrected chi connectivity index (χ2v) is 8.63. The van der Waals surface area contributed by atoms with Crippen molar-refractivity contribution in [2.24, 2.45) is 0 Å². The number of non-ortho nitro benzene ring substituents is 1. The van der Waals surface area contributed by atoms with Crippen molar-refractivity contribution in [1.82, 2.24) is 0 Å². The lowest BCUT2D eigenvalue weighted by Crippen LogP contribution is -1.94. The highest BCUT2D eigenvalue weighted by molar-refractivity contribution is 6.13. The number of nitro benzene ring substituents is 1. The molecule has 6 aromatic rings. The summed E-state index contributed by atoms with van der Waals surface area (Å²) in [7, 11) is 0. The molecule has 3 heteroatoms. The van der Waals surface area contributed by atoms with Gasteiger partial charge in [-0.1, -0.05) is 97.1 Å². The second-order valence-electron chi connectivity index (χ2n) is 8.63. The van der Waals surface area contributed by atoms with E-state index in [0.717, 1.165) is 54.9 Å². The highest BCUT2D eigenvalue weighted by atomic mass is 16.6. The predicted molar refractivity (Wildman–Crippen MR) is 144 cm³/mol. The normalized spacial score (nSPS) is 11.1. The van der Waals surface area contributed by atoms with Crippen molar-refractivity contribution in [3.63, 3.8) is 0 Å². The molecule has 35 heavy (non-hydrogen) atoms. The molecule has 0 radical (unpaired) electrons. The Morgan fingerprint density at radius 1 is 0.486 bits per heavy atom. The first kappa shape index (κ1) is 20.8. The summed E-state index contributed by atoms with van der Waals surface area (Å²) >= 11 is 0. The van der Waals surface area contributed by atoms with Crippen LogP contribution in [0.25, 0.3) is 54.9 Å². The Bertz CT molecular complexity index is 1710. The van der Waals surface area contributed by atoms with Crippen molar-refractivity contribution in [3.8, 4) is 33.4 Å². The van der Waals surface area contributed by atoms with Gasteiger partial charge in [0.15, 0.2) is 0 Å². The fourth-order valence-corrected chi connectivity index (χ4v) is 4.92. The van der Waals surface area contributed by atoms with Crippen LogP contribution in [0.4, 0.5) is 5.69 Å². The average molecular weight is 452 g/mol. The molecule has 0 bridgehead atoms. The molecule has 0 saturated heterocycles. The molecule has 3 nitrogen and oxygen atoms in total. The van der Waals surface area contributed by atoms with Gasteiger partial charge in [-0.3, -0.25) is 10.1 Å². The topological polar surface area (TPSA) is 43.1 Å². The van der Waals surface area contributed by atoms with Crippen LogP contribution in [0.2, 0.25) is 0 Å². The van der Waals surface area contributed by atoms with Crippen molar-refractivity contribution in [2.75, 3.05) is 0 Å². The first-order valence-electron chi connectivity index (χ1n) is 11.5. The van der Waals surface area contributed by atoms with Crippen LogP contribution in [-0.2, 0) is 0 Å². The van der Waals surface area contributed by atoms with Gasteiger partial charge in [0.2, 0.25) is 0 Å². The van der Waals surface area contributed by atoms with Gasteiger partial charge in [0.05, 0.1) is 4.92 Å². The third-order valence-electron chi connectivity index (χ3n) is 6.50. The maximum absolute atomic E-state index is 11.7. The van der Waals surface area contributed by atoms with Crippen molar-refractivity contribution < 1.29 is 4.92 Å². The number of hydrogen-bond acceptors (Lipinski definition) is 2. The quantitative estimate of drug-likeness (QED) is 0.153. The van der Waals surface area contributed by atoms with E-state index >= 15 is 0 Å². The third kappa shape index (κ3) is 3.73. The van der Waals surface area contributed by atoms with E-state index in [0.29, 0.717) is 0 Å². The number of nitro groups is 1. The van der Waals surface area contributed by atoms with Gasteiger partial charge in [0.1, 0.15) is 0 Å². The standard InChI is InChI=1S/C32H21NO2/c34-33(35)28-17-9-16-26(19-28)32-30-20-25-15-8-7-14-24(25)18-27(30)21-29(22-10-3-1-4-11-22)31(32)23-12-5-2-6-13-23/h1-21H. The van der Waals surface area contributed by atoms with Crippen molar-refractivity contribution in [3.05, 3.63) is 138 Å². The van der Waals surface area contributed by atoms with Crippen LogP contribution < -0.4 is 0 Å². The molecule has 0 amide bonds. The molecule has 0 fully saturated rings. The summed E-state index contributed by atoms with van der Waals surface area (Å²) in [6.45, 7) is 0. The Morgan fingerprint density at radius 2 is 1.09 bits per heavy atom. The molecule has 0 heterocycles. The highest BCUT2D eigenvalue weighted by Gasteiger charge is 2.20. The molecule has 166 valence electrons.